The van der Waals surface area contributed by atoms with Crippen LogP contribution < -0.4 is 5.32 Å². The fourth-order valence-electron chi connectivity index (χ4n) is 2.09. The van der Waals surface area contributed by atoms with E-state index in [2.05, 4.69) is 36.5 Å². The van der Waals surface area contributed by atoms with E-state index in [0.29, 0.717) is 6.10 Å². The van der Waals surface area contributed by atoms with Crippen molar-refractivity contribution in [3.05, 3.63) is 35.4 Å². The normalized spacial score (nSPS) is 20.7. The lowest BCUT2D eigenvalue weighted by atomic mass is 10.1. The van der Waals surface area contributed by atoms with Gasteiger partial charge in [-0.25, -0.2) is 0 Å². The van der Waals surface area contributed by atoms with Crippen LogP contribution in [0.2, 0.25) is 0 Å². The Labute approximate surface area is 91.6 Å². The van der Waals surface area contributed by atoms with Gasteiger partial charge in [-0.2, -0.15) is 0 Å². The van der Waals surface area contributed by atoms with Gasteiger partial charge in [0.25, 0.3) is 0 Å². The molecule has 2 heteroatoms. The first kappa shape index (κ1) is 10.7. The van der Waals surface area contributed by atoms with Crippen molar-refractivity contribution in [2.45, 2.75) is 32.4 Å². The van der Waals surface area contributed by atoms with Crippen molar-refractivity contribution in [1.29, 1.82) is 0 Å². The van der Waals surface area contributed by atoms with Crippen LogP contribution in [0.15, 0.2) is 24.3 Å². The van der Waals surface area contributed by atoms with Crippen LogP contribution in [-0.4, -0.2) is 19.3 Å². The van der Waals surface area contributed by atoms with Gasteiger partial charge in [0.15, 0.2) is 0 Å². The molecule has 1 atom stereocenters. The lowest BCUT2D eigenvalue weighted by Gasteiger charge is -2.09. The maximum atomic E-state index is 5.59. The number of rotatable bonds is 4. The molecule has 2 N–H and O–H groups in total. The summed E-state index contributed by atoms with van der Waals surface area (Å²) in [6.07, 6.45) is 2.97. The first-order valence-electron chi connectivity index (χ1n) is 5.84. The summed E-state index contributed by atoms with van der Waals surface area (Å²) in [6, 6.07) is 8.59. The molecular formula is C13H20NO+. The predicted molar refractivity (Wildman–Crippen MR) is 60.6 cm³/mol. The quantitative estimate of drug-likeness (QED) is 0.788. The van der Waals surface area contributed by atoms with E-state index in [-0.39, 0.29) is 0 Å². The van der Waals surface area contributed by atoms with E-state index < -0.39 is 0 Å². The van der Waals surface area contributed by atoms with Gasteiger partial charge in [0.1, 0.15) is 19.2 Å². The standard InChI is InChI=1S/C13H19NO/c1-11-5-2-3-6-12(11)9-14-10-13-7-4-8-15-13/h2-3,5-6,13-14H,4,7-10H2,1H3/p+1/t13-/m1/s1. The van der Waals surface area contributed by atoms with Crippen LogP contribution in [0.3, 0.4) is 0 Å². The van der Waals surface area contributed by atoms with Crippen molar-refractivity contribution >= 4 is 0 Å². The predicted octanol–water partition coefficient (Wildman–Crippen LogP) is 1.24. The van der Waals surface area contributed by atoms with Gasteiger partial charge in [-0.3, -0.25) is 0 Å². The van der Waals surface area contributed by atoms with Crippen LogP contribution in [0.25, 0.3) is 0 Å². The van der Waals surface area contributed by atoms with Gasteiger partial charge in [0.2, 0.25) is 0 Å². The number of hydrogen-bond donors (Lipinski definition) is 1. The second-order valence-corrected chi connectivity index (χ2v) is 4.29. The Balaban J connectivity index is 1.75. The van der Waals surface area contributed by atoms with E-state index in [9.17, 15) is 0 Å². The summed E-state index contributed by atoms with van der Waals surface area (Å²) in [5.74, 6) is 0. The molecule has 0 aliphatic carbocycles. The Bertz CT molecular complexity index is 305. The molecule has 0 saturated carbocycles. The molecular weight excluding hydrogens is 186 g/mol. The highest BCUT2D eigenvalue weighted by Crippen LogP contribution is 2.09. The fraction of sp³-hybridized carbons (Fsp3) is 0.538. The van der Waals surface area contributed by atoms with Crippen molar-refractivity contribution < 1.29 is 10.1 Å². The monoisotopic (exact) mass is 206 g/mol. The largest absolute Gasteiger partial charge is 0.372 e. The number of hydrogen-bond acceptors (Lipinski definition) is 1. The molecule has 1 aromatic carbocycles. The topological polar surface area (TPSA) is 25.8 Å². The molecule has 1 aliphatic heterocycles. The molecule has 0 amide bonds. The van der Waals surface area contributed by atoms with Crippen molar-refractivity contribution in [3.63, 3.8) is 0 Å². The van der Waals surface area contributed by atoms with Crippen molar-refractivity contribution in [2.24, 2.45) is 0 Å². The van der Waals surface area contributed by atoms with E-state index in [1.807, 2.05) is 0 Å². The minimum Gasteiger partial charge on any atom is -0.372 e. The molecule has 1 aromatic rings. The molecule has 2 rings (SSSR count). The molecule has 0 bridgehead atoms. The molecule has 0 radical (unpaired) electrons. The van der Waals surface area contributed by atoms with Crippen LogP contribution in [-0.2, 0) is 11.3 Å². The number of nitrogens with two attached hydrogens (primary N) is 1. The van der Waals surface area contributed by atoms with Crippen LogP contribution in [0.5, 0.6) is 0 Å². The Morgan fingerprint density at radius 3 is 3.00 bits per heavy atom. The Morgan fingerprint density at radius 2 is 2.27 bits per heavy atom. The number of quaternary nitrogens is 1. The highest BCUT2D eigenvalue weighted by molar-refractivity contribution is 5.24. The second kappa shape index (κ2) is 5.29. The smallest absolute Gasteiger partial charge is 0.106 e. The summed E-state index contributed by atoms with van der Waals surface area (Å²) in [7, 11) is 0. The van der Waals surface area contributed by atoms with Crippen LogP contribution in [0, 0.1) is 6.92 Å². The molecule has 0 aromatic heterocycles. The summed E-state index contributed by atoms with van der Waals surface area (Å²) in [5, 5.41) is 2.36. The molecule has 1 saturated heterocycles. The summed E-state index contributed by atoms with van der Waals surface area (Å²) < 4.78 is 5.59. The van der Waals surface area contributed by atoms with E-state index in [0.717, 1.165) is 19.7 Å². The SMILES string of the molecule is Cc1ccccc1C[NH2+]C[C@H]1CCCO1. The first-order chi connectivity index (χ1) is 7.36. The lowest BCUT2D eigenvalue weighted by molar-refractivity contribution is -0.676. The van der Waals surface area contributed by atoms with Crippen LogP contribution >= 0.6 is 0 Å². The summed E-state index contributed by atoms with van der Waals surface area (Å²) in [4.78, 5) is 0. The fourth-order valence-corrected chi connectivity index (χ4v) is 2.09. The second-order valence-electron chi connectivity index (χ2n) is 4.29. The summed E-state index contributed by atoms with van der Waals surface area (Å²) in [5.41, 5.74) is 2.83. The van der Waals surface area contributed by atoms with Gasteiger partial charge in [-0.1, -0.05) is 24.3 Å². The zero-order valence-electron chi connectivity index (χ0n) is 9.41. The number of benzene rings is 1. The Morgan fingerprint density at radius 1 is 1.40 bits per heavy atom. The van der Waals surface area contributed by atoms with E-state index in [4.69, 9.17) is 4.74 Å². The highest BCUT2D eigenvalue weighted by Gasteiger charge is 2.16. The maximum absolute atomic E-state index is 5.59. The van der Waals surface area contributed by atoms with E-state index in [1.165, 1.54) is 24.0 Å². The van der Waals surface area contributed by atoms with Gasteiger partial charge < -0.3 is 10.1 Å². The van der Waals surface area contributed by atoms with Crippen molar-refractivity contribution in [3.8, 4) is 0 Å². The van der Waals surface area contributed by atoms with Crippen LogP contribution in [0.4, 0.5) is 0 Å². The van der Waals surface area contributed by atoms with Gasteiger partial charge in [0.05, 0.1) is 0 Å². The minimum absolute atomic E-state index is 0.494. The third-order valence-corrected chi connectivity index (χ3v) is 3.08. The lowest BCUT2D eigenvalue weighted by Crippen LogP contribution is -2.84. The van der Waals surface area contributed by atoms with Crippen molar-refractivity contribution in [1.82, 2.24) is 0 Å². The van der Waals surface area contributed by atoms with Gasteiger partial charge in [-0.05, 0) is 25.3 Å². The Kier molecular flexibility index (Phi) is 3.75. The third kappa shape index (κ3) is 3.05. The molecule has 82 valence electrons. The van der Waals surface area contributed by atoms with Gasteiger partial charge in [0, 0.05) is 12.2 Å². The third-order valence-electron chi connectivity index (χ3n) is 3.08. The number of aryl methyl sites for hydroxylation is 1. The molecule has 0 spiro atoms. The van der Waals surface area contributed by atoms with E-state index in [1.54, 1.807) is 0 Å². The maximum Gasteiger partial charge on any atom is 0.106 e. The summed E-state index contributed by atoms with van der Waals surface area (Å²) in [6.45, 7) is 5.32. The number of ether oxygens (including phenoxy) is 1. The average molecular weight is 206 g/mol. The zero-order valence-corrected chi connectivity index (χ0v) is 9.41. The molecule has 1 aliphatic rings. The van der Waals surface area contributed by atoms with E-state index >= 15 is 0 Å². The van der Waals surface area contributed by atoms with Crippen molar-refractivity contribution in [2.75, 3.05) is 13.2 Å². The summed E-state index contributed by atoms with van der Waals surface area (Å²) >= 11 is 0. The van der Waals surface area contributed by atoms with Gasteiger partial charge in [-0.15, -0.1) is 0 Å². The van der Waals surface area contributed by atoms with Gasteiger partial charge >= 0.3 is 0 Å². The minimum atomic E-state index is 0.494. The molecule has 15 heavy (non-hydrogen) atoms. The Hall–Kier alpha value is -0.860. The molecule has 0 unspecified atom stereocenters. The molecule has 1 fully saturated rings. The first-order valence-corrected chi connectivity index (χ1v) is 5.84. The zero-order chi connectivity index (χ0) is 10.5. The van der Waals surface area contributed by atoms with Crippen LogP contribution in [0.1, 0.15) is 24.0 Å². The molecule has 2 nitrogen and oxygen atoms in total. The average Bonchev–Trinajstić information content (AvgIpc) is 2.74. The molecule has 1 heterocycles. The highest BCUT2D eigenvalue weighted by atomic mass is 16.5.